The molecule has 4 aromatic carbocycles. The predicted octanol–water partition coefficient (Wildman–Crippen LogP) is 8.00. The Labute approximate surface area is 488 Å². The van der Waals surface area contributed by atoms with Crippen LogP contribution in [-0.4, -0.2) is 132 Å². The average Bonchev–Trinajstić information content (AvgIpc) is 1.61. The van der Waals surface area contributed by atoms with Gasteiger partial charge in [-0.15, -0.1) is 0 Å². The first-order valence-electron chi connectivity index (χ1n) is 25.4. The molecule has 9 atom stereocenters. The van der Waals surface area contributed by atoms with Crippen LogP contribution in [-0.2, 0) is 38.2 Å². The Bertz CT molecular complexity index is 3460. The number of benzene rings is 4. The van der Waals surface area contributed by atoms with E-state index in [0.717, 1.165) is 9.80 Å². The van der Waals surface area contributed by atoms with Gasteiger partial charge in [0.1, 0.15) is 6.61 Å². The molecule has 4 aromatic rings. The summed E-state index contributed by atoms with van der Waals surface area (Å²) >= 11 is 2.21. The van der Waals surface area contributed by atoms with E-state index in [2.05, 4.69) is 22.8 Å². The summed E-state index contributed by atoms with van der Waals surface area (Å²) in [7, 11) is 5.33. The lowest BCUT2D eigenvalue weighted by molar-refractivity contribution is -0.163. The van der Waals surface area contributed by atoms with Gasteiger partial charge in [-0.1, -0.05) is 42.5 Å². The van der Waals surface area contributed by atoms with E-state index >= 15 is 19.2 Å². The Morgan fingerprint density at radius 1 is 0.610 bits per heavy atom. The van der Waals surface area contributed by atoms with Crippen LogP contribution in [0.15, 0.2) is 91.0 Å². The molecule has 10 rings (SSSR count). The van der Waals surface area contributed by atoms with Crippen molar-refractivity contribution in [3.8, 4) is 35.1 Å². The molecule has 0 saturated carbocycles. The third-order valence-electron chi connectivity index (χ3n) is 15.8. The van der Waals surface area contributed by atoms with Crippen LogP contribution in [0.5, 0.6) is 23.0 Å². The fourth-order valence-corrected chi connectivity index (χ4v) is 16.5. The van der Waals surface area contributed by atoms with Crippen LogP contribution in [0.3, 0.4) is 0 Å². The van der Waals surface area contributed by atoms with Gasteiger partial charge in [0.05, 0.1) is 35.1 Å². The molecule has 0 bridgehead atoms. The molecule has 0 aromatic heterocycles. The van der Waals surface area contributed by atoms with Crippen LogP contribution in [0.2, 0.25) is 0 Å². The molecular formula is C56H54N8O14S4. The van der Waals surface area contributed by atoms with Crippen molar-refractivity contribution in [3.05, 3.63) is 108 Å². The summed E-state index contributed by atoms with van der Waals surface area (Å²) in [4.78, 5) is 114. The Balaban J connectivity index is 0.914. The predicted molar refractivity (Wildman–Crippen MR) is 302 cm³/mol. The van der Waals surface area contributed by atoms with Crippen LogP contribution >= 0.6 is 47.0 Å². The highest BCUT2D eigenvalue weighted by molar-refractivity contribution is 8.16. The lowest BCUT2D eigenvalue weighted by atomic mass is 9.79. The maximum atomic E-state index is 15.4. The van der Waals surface area contributed by atoms with E-state index < -0.39 is 99.4 Å². The number of hydrogen-bond donors (Lipinski definition) is 2. The van der Waals surface area contributed by atoms with Crippen molar-refractivity contribution >= 4 is 103 Å². The molecule has 426 valence electrons. The van der Waals surface area contributed by atoms with Gasteiger partial charge in [0, 0.05) is 52.5 Å². The number of piperazine rings is 2. The molecule has 0 aliphatic carbocycles. The van der Waals surface area contributed by atoms with E-state index in [-0.39, 0.29) is 37.7 Å². The zero-order valence-corrected chi connectivity index (χ0v) is 48.7. The van der Waals surface area contributed by atoms with E-state index in [1.807, 2.05) is 0 Å². The molecule has 0 spiro atoms. The van der Waals surface area contributed by atoms with Crippen LogP contribution in [0.4, 0.5) is 21.0 Å². The number of thioether (sulfide) groups is 4. The minimum atomic E-state index is -2.03. The monoisotopic (exact) mass is 1190 g/mol. The highest BCUT2D eigenvalue weighted by Gasteiger charge is 2.74. The number of carbonyl (C=O) groups excluding carboxylic acids is 8. The van der Waals surface area contributed by atoms with Crippen LogP contribution in [0.25, 0.3) is 0 Å². The molecular weight excluding hydrogens is 1140 g/mol. The number of para-hydroxylation sites is 1. The van der Waals surface area contributed by atoms with Gasteiger partial charge in [0.15, 0.2) is 48.6 Å². The zero-order valence-electron chi connectivity index (χ0n) is 45.5. The lowest BCUT2D eigenvalue weighted by Gasteiger charge is -2.52. The number of anilines is 2. The van der Waals surface area contributed by atoms with Gasteiger partial charge < -0.3 is 58.7 Å². The molecule has 4 unspecified atom stereocenters. The Morgan fingerprint density at radius 3 is 1.54 bits per heavy atom. The quantitative estimate of drug-likeness (QED) is 0.128. The summed E-state index contributed by atoms with van der Waals surface area (Å²) in [6.07, 6.45) is -1.92. The van der Waals surface area contributed by atoms with Gasteiger partial charge in [-0.2, -0.15) is 10.5 Å². The number of fused-ring (bicyclic) bond motifs is 4. The summed E-state index contributed by atoms with van der Waals surface area (Å²) in [6, 6.07) is 26.8. The molecule has 6 aliphatic heterocycles. The Kier molecular flexibility index (Phi) is 15.1. The normalized spacial score (nSPS) is 29.0. The van der Waals surface area contributed by atoms with Gasteiger partial charge in [-0.05, 0) is 140 Å². The first-order valence-corrected chi connectivity index (χ1v) is 28.7. The summed E-state index contributed by atoms with van der Waals surface area (Å²) in [5.41, 5.74) is -1.18. The number of hydrogen-bond acceptors (Lipinski definition) is 20. The van der Waals surface area contributed by atoms with E-state index in [4.69, 9.17) is 28.4 Å². The first-order chi connectivity index (χ1) is 39.0. The maximum Gasteiger partial charge on any atom is 0.286 e. The summed E-state index contributed by atoms with van der Waals surface area (Å²) in [5, 5.41) is 24.6. The SMILES string of the molecule is COCC(=O)S[C@]12C[C@](C)(C#N)C(c3ccc4c(c3)OCO4)N1C(=O)[C@](C)(SC(=O)C(OC)c1ccc(NC(=O)SC34C[C@](C)(C#N)C(c5ccc6c(c5)OCO6)N3C(=O)[C@](C)(SC(=O)Nc3ccccc3)N(C)C4=O)cc1)N(C)C2=O. The van der Waals surface area contributed by atoms with Gasteiger partial charge in [0.25, 0.3) is 34.1 Å². The second-order valence-corrected chi connectivity index (χ2v) is 26.4. The molecule has 2 N–H and O–H groups in total. The molecule has 6 amide bonds. The topological polar surface area (TPSA) is 277 Å². The van der Waals surface area contributed by atoms with Crippen LogP contribution < -0.4 is 29.6 Å². The van der Waals surface area contributed by atoms with Gasteiger partial charge in [0.2, 0.25) is 23.8 Å². The highest BCUT2D eigenvalue weighted by Crippen LogP contribution is 2.65. The molecule has 22 nitrogen and oxygen atoms in total. The highest BCUT2D eigenvalue weighted by atomic mass is 32.2. The van der Waals surface area contributed by atoms with E-state index in [0.29, 0.717) is 86.9 Å². The van der Waals surface area contributed by atoms with Crippen molar-refractivity contribution in [2.24, 2.45) is 10.8 Å². The van der Waals surface area contributed by atoms with Crippen LogP contribution in [0, 0.1) is 33.5 Å². The molecule has 6 aliphatic rings. The number of methoxy groups -OCH3 is 2. The van der Waals surface area contributed by atoms with Crippen LogP contribution in [0.1, 0.15) is 75.4 Å². The van der Waals surface area contributed by atoms with Crippen molar-refractivity contribution in [2.45, 2.75) is 78.2 Å². The largest absolute Gasteiger partial charge is 0.454 e. The summed E-state index contributed by atoms with van der Waals surface area (Å²) in [6.45, 7) is 5.55. The fourth-order valence-electron chi connectivity index (χ4n) is 11.6. The number of amides is 6. The number of nitrogens with zero attached hydrogens (tertiary/aromatic N) is 6. The first kappa shape index (κ1) is 57.8. The molecule has 82 heavy (non-hydrogen) atoms. The Hall–Kier alpha value is -7.46. The smallest absolute Gasteiger partial charge is 0.286 e. The summed E-state index contributed by atoms with van der Waals surface area (Å²) in [5.74, 6) is -1.30. The zero-order chi connectivity index (χ0) is 58.9. The van der Waals surface area contributed by atoms with Crippen molar-refractivity contribution in [2.75, 3.05) is 59.1 Å². The number of carbonyl (C=O) groups is 8. The molecule has 0 radical (unpaired) electrons. The minimum absolute atomic E-state index is 0.0538. The molecule has 4 saturated heterocycles. The molecule has 6 heterocycles. The number of ether oxygens (including phenoxy) is 6. The van der Waals surface area contributed by atoms with Crippen molar-refractivity contribution in [1.29, 1.82) is 10.5 Å². The fraction of sp³-hybridized carbons (Fsp3) is 0.393. The number of nitriles is 2. The number of rotatable bonds is 13. The molecule has 4 fully saturated rings. The van der Waals surface area contributed by atoms with Gasteiger partial charge in [-0.3, -0.25) is 38.4 Å². The van der Waals surface area contributed by atoms with Crippen molar-refractivity contribution < 1.29 is 66.8 Å². The minimum Gasteiger partial charge on any atom is -0.454 e. The van der Waals surface area contributed by atoms with Crippen molar-refractivity contribution in [1.82, 2.24) is 19.6 Å². The molecule has 26 heteroatoms. The Morgan fingerprint density at radius 2 is 1.06 bits per heavy atom. The second kappa shape index (κ2) is 21.4. The van der Waals surface area contributed by atoms with Crippen molar-refractivity contribution in [3.63, 3.8) is 0 Å². The standard InChI is InChI=1S/C56H54N8O14S4/c1-51(27-57)25-55(79-40(65)24-73-7)47(69)61(5)53(3,45(67)63(55)42(51)32-16-20-36-38(22-32)77-29-75-36)80-44(66)41(74-8)31-14-18-35(19-15-31)60-50(72)82-56-26-52(2,28-58)43(33-17-21-37-39(23-33)78-30-76-37)64(56)46(68)54(4,62(6)48(56)70)81-49(71)59-34-12-10-9-11-13-34/h9-23,41-43H,24-26,29-30H2,1-8H3,(H,59,71)(H,60,72)/t41?,42?,43?,51-,52-,53+,54+,55+,56?/m1/s1. The second-order valence-electron chi connectivity index (χ2n) is 21.0. The van der Waals surface area contributed by atoms with E-state index in [1.54, 1.807) is 80.6 Å². The third-order valence-corrected chi connectivity index (χ3v) is 20.5. The van der Waals surface area contributed by atoms with Gasteiger partial charge in [-0.25, -0.2) is 0 Å². The lowest BCUT2D eigenvalue weighted by Crippen LogP contribution is -2.71. The number of nitrogens with one attached hydrogen (secondary N) is 2. The number of likely N-dealkylation sites (N-methyl/N-ethyl adjacent to an activating group) is 2. The van der Waals surface area contributed by atoms with Gasteiger partial charge >= 0.3 is 0 Å². The van der Waals surface area contributed by atoms with E-state index in [1.165, 1.54) is 76.2 Å². The third kappa shape index (κ3) is 9.32. The maximum absolute atomic E-state index is 15.4. The van der Waals surface area contributed by atoms with E-state index in [9.17, 15) is 29.7 Å². The summed E-state index contributed by atoms with van der Waals surface area (Å²) < 4.78 is 33.3. The average molecular weight is 1190 g/mol.